The number of aryl methyl sites for hydroxylation is 2. The second-order valence-corrected chi connectivity index (χ2v) is 5.95. The minimum Gasteiger partial charge on any atom is -0.378 e. The molecule has 0 aliphatic carbocycles. The van der Waals surface area contributed by atoms with Crippen molar-refractivity contribution in [3.05, 3.63) is 17.5 Å². The van der Waals surface area contributed by atoms with Crippen LogP contribution in [0.25, 0.3) is 0 Å². The first-order valence-corrected chi connectivity index (χ1v) is 7.94. The number of amides is 1. The first-order chi connectivity index (χ1) is 11.1. The summed E-state index contributed by atoms with van der Waals surface area (Å²) >= 11 is 0. The van der Waals surface area contributed by atoms with Crippen molar-refractivity contribution < 1.29 is 19.0 Å². The Kier molecular flexibility index (Phi) is 6.56. The number of hydrogen-bond acceptors (Lipinski definition) is 5. The van der Waals surface area contributed by atoms with Crippen LogP contribution in [0.2, 0.25) is 0 Å². The van der Waals surface area contributed by atoms with Crippen molar-refractivity contribution in [2.75, 3.05) is 34.0 Å². The molecule has 130 valence electrons. The maximum atomic E-state index is 12.1. The fraction of sp³-hybridized carbons (Fsp3) is 0.750. The molecule has 0 aromatic carbocycles. The van der Waals surface area contributed by atoms with E-state index < -0.39 is 0 Å². The Bertz CT molecular complexity index is 517. The van der Waals surface area contributed by atoms with E-state index in [0.717, 1.165) is 11.3 Å². The Hall–Kier alpha value is -1.44. The van der Waals surface area contributed by atoms with Crippen LogP contribution in [0.4, 0.5) is 0 Å². The zero-order valence-electron chi connectivity index (χ0n) is 14.4. The van der Waals surface area contributed by atoms with Gasteiger partial charge in [-0.15, -0.1) is 0 Å². The van der Waals surface area contributed by atoms with Gasteiger partial charge in [0.15, 0.2) is 0 Å². The maximum Gasteiger partial charge on any atom is 0.220 e. The molecule has 1 aromatic heterocycles. The highest BCUT2D eigenvalue weighted by Crippen LogP contribution is 2.19. The number of methoxy groups -OCH3 is 2. The van der Waals surface area contributed by atoms with Gasteiger partial charge in [-0.3, -0.25) is 9.48 Å². The van der Waals surface area contributed by atoms with Crippen molar-refractivity contribution in [3.8, 4) is 0 Å². The van der Waals surface area contributed by atoms with Gasteiger partial charge in [0.1, 0.15) is 6.10 Å². The van der Waals surface area contributed by atoms with Crippen LogP contribution < -0.4 is 5.32 Å². The van der Waals surface area contributed by atoms with E-state index in [-0.39, 0.29) is 24.0 Å². The fourth-order valence-corrected chi connectivity index (χ4v) is 2.92. The van der Waals surface area contributed by atoms with Crippen LogP contribution in [0.3, 0.4) is 0 Å². The number of carbonyl (C=O) groups is 1. The van der Waals surface area contributed by atoms with E-state index in [4.69, 9.17) is 14.2 Å². The van der Waals surface area contributed by atoms with Crippen LogP contribution in [0.1, 0.15) is 17.7 Å². The molecule has 1 N–H and O–H groups in total. The fourth-order valence-electron chi connectivity index (χ4n) is 2.92. The molecule has 1 aliphatic rings. The number of nitrogens with one attached hydrogen (secondary N) is 1. The first kappa shape index (κ1) is 17.9. The number of ether oxygens (including phenoxy) is 3. The molecule has 3 atom stereocenters. The second-order valence-electron chi connectivity index (χ2n) is 5.95. The van der Waals surface area contributed by atoms with Gasteiger partial charge in [0, 0.05) is 45.8 Å². The lowest BCUT2D eigenvalue weighted by Gasteiger charge is -2.36. The van der Waals surface area contributed by atoms with Crippen LogP contribution in [-0.2, 0) is 32.5 Å². The second kappa shape index (κ2) is 8.42. The summed E-state index contributed by atoms with van der Waals surface area (Å²) < 4.78 is 18.3. The summed E-state index contributed by atoms with van der Waals surface area (Å²) in [5.41, 5.74) is 2.21. The van der Waals surface area contributed by atoms with Gasteiger partial charge in [0.05, 0.1) is 25.5 Å². The molecule has 1 amide bonds. The van der Waals surface area contributed by atoms with E-state index in [9.17, 15) is 4.79 Å². The van der Waals surface area contributed by atoms with Crippen molar-refractivity contribution in [2.45, 2.75) is 32.0 Å². The third kappa shape index (κ3) is 4.53. The summed E-state index contributed by atoms with van der Waals surface area (Å²) in [6.45, 7) is 3.64. The highest BCUT2D eigenvalue weighted by molar-refractivity contribution is 5.76. The highest BCUT2D eigenvalue weighted by Gasteiger charge is 2.34. The van der Waals surface area contributed by atoms with E-state index in [1.165, 1.54) is 0 Å². The standard InChI is InChI=1S/C16H27N3O4/c1-11-12(8-18-19(11)2)5-6-15(20)17-7-13-9-23-10-14(21-3)16(13)22-4/h8,13-14,16H,5-7,9-10H2,1-4H3,(H,17,20)/t13-,14-,16+/m1/s1. The quantitative estimate of drug-likeness (QED) is 0.788. The average molecular weight is 325 g/mol. The molecule has 0 spiro atoms. The normalized spacial score (nSPS) is 24.6. The highest BCUT2D eigenvalue weighted by atomic mass is 16.6. The first-order valence-electron chi connectivity index (χ1n) is 7.94. The van der Waals surface area contributed by atoms with Gasteiger partial charge in [-0.05, 0) is 18.9 Å². The molecule has 1 aliphatic heterocycles. The molecule has 23 heavy (non-hydrogen) atoms. The minimum absolute atomic E-state index is 0.0302. The van der Waals surface area contributed by atoms with Crippen LogP contribution >= 0.6 is 0 Å². The van der Waals surface area contributed by atoms with Crippen molar-refractivity contribution in [1.82, 2.24) is 15.1 Å². The molecule has 0 bridgehead atoms. The molecule has 1 fully saturated rings. The SMILES string of the molecule is CO[C@H]1[C@H](CNC(=O)CCc2cnn(C)c2C)COC[C@H]1OC. The molecule has 2 heterocycles. The predicted octanol–water partition coefficient (Wildman–Crippen LogP) is 0.454. The lowest BCUT2D eigenvalue weighted by atomic mass is 9.96. The summed E-state index contributed by atoms with van der Waals surface area (Å²) in [7, 11) is 5.22. The molecule has 0 radical (unpaired) electrons. The van der Waals surface area contributed by atoms with E-state index in [0.29, 0.717) is 32.6 Å². The van der Waals surface area contributed by atoms with Gasteiger partial charge in [-0.25, -0.2) is 0 Å². The zero-order chi connectivity index (χ0) is 16.8. The van der Waals surface area contributed by atoms with Gasteiger partial charge in [-0.1, -0.05) is 0 Å². The van der Waals surface area contributed by atoms with Gasteiger partial charge in [0.25, 0.3) is 0 Å². The Labute approximate surface area is 137 Å². The number of aromatic nitrogens is 2. The number of carbonyl (C=O) groups excluding carboxylic acids is 1. The Morgan fingerprint density at radius 3 is 2.83 bits per heavy atom. The number of rotatable bonds is 7. The number of hydrogen-bond donors (Lipinski definition) is 1. The number of nitrogens with zero attached hydrogens (tertiary/aromatic N) is 2. The molecule has 7 heteroatoms. The van der Waals surface area contributed by atoms with Crippen molar-refractivity contribution in [1.29, 1.82) is 0 Å². The molecule has 1 saturated heterocycles. The van der Waals surface area contributed by atoms with E-state index in [1.54, 1.807) is 14.2 Å². The summed E-state index contributed by atoms with van der Waals surface area (Å²) in [6.07, 6.45) is 2.82. The Balaban J connectivity index is 1.78. The zero-order valence-corrected chi connectivity index (χ0v) is 14.4. The summed E-state index contributed by atoms with van der Waals surface area (Å²) in [5, 5.41) is 7.17. The third-order valence-electron chi connectivity index (χ3n) is 4.54. The van der Waals surface area contributed by atoms with E-state index in [2.05, 4.69) is 10.4 Å². The molecule has 1 aromatic rings. The van der Waals surface area contributed by atoms with Gasteiger partial charge < -0.3 is 19.5 Å². The Morgan fingerprint density at radius 1 is 1.43 bits per heavy atom. The van der Waals surface area contributed by atoms with Crippen LogP contribution in [0.5, 0.6) is 0 Å². The van der Waals surface area contributed by atoms with Crippen LogP contribution in [0.15, 0.2) is 6.20 Å². The van der Waals surface area contributed by atoms with E-state index in [1.807, 2.05) is 24.9 Å². The topological polar surface area (TPSA) is 74.6 Å². The van der Waals surface area contributed by atoms with E-state index >= 15 is 0 Å². The summed E-state index contributed by atoms with van der Waals surface area (Å²) in [6, 6.07) is 0. The average Bonchev–Trinajstić information content (AvgIpc) is 2.89. The van der Waals surface area contributed by atoms with Crippen LogP contribution in [0, 0.1) is 12.8 Å². The molecular weight excluding hydrogens is 298 g/mol. The maximum absolute atomic E-state index is 12.1. The smallest absolute Gasteiger partial charge is 0.220 e. The molecule has 0 saturated carbocycles. The molecular formula is C16H27N3O4. The van der Waals surface area contributed by atoms with Gasteiger partial charge in [0.2, 0.25) is 5.91 Å². The lowest BCUT2D eigenvalue weighted by Crippen LogP contribution is -2.50. The van der Waals surface area contributed by atoms with Gasteiger partial charge >= 0.3 is 0 Å². The van der Waals surface area contributed by atoms with Crippen molar-refractivity contribution in [2.24, 2.45) is 13.0 Å². The molecule has 0 unspecified atom stereocenters. The van der Waals surface area contributed by atoms with Gasteiger partial charge in [-0.2, -0.15) is 5.10 Å². The molecule has 7 nitrogen and oxygen atoms in total. The van der Waals surface area contributed by atoms with Crippen molar-refractivity contribution in [3.63, 3.8) is 0 Å². The van der Waals surface area contributed by atoms with Crippen LogP contribution in [-0.4, -0.2) is 61.9 Å². The molecule has 2 rings (SSSR count). The van der Waals surface area contributed by atoms with Crippen molar-refractivity contribution >= 4 is 5.91 Å². The lowest BCUT2D eigenvalue weighted by molar-refractivity contribution is -0.147. The largest absolute Gasteiger partial charge is 0.378 e. The summed E-state index contributed by atoms with van der Waals surface area (Å²) in [5.74, 6) is 0.130. The third-order valence-corrected chi connectivity index (χ3v) is 4.54. The monoisotopic (exact) mass is 325 g/mol. The summed E-state index contributed by atoms with van der Waals surface area (Å²) in [4.78, 5) is 12.1. The minimum atomic E-state index is -0.0892. The predicted molar refractivity (Wildman–Crippen MR) is 85.2 cm³/mol. The Morgan fingerprint density at radius 2 is 2.22 bits per heavy atom.